The first-order valence-electron chi connectivity index (χ1n) is 6.27. The van der Waals surface area contributed by atoms with Gasteiger partial charge in [-0.1, -0.05) is 20.8 Å². The Morgan fingerprint density at radius 1 is 1.06 bits per heavy atom. The number of Topliss-reactive ketones (excluding diaryl/α,β-unsaturated/α-hetero) is 1. The van der Waals surface area contributed by atoms with Crippen LogP contribution in [0.5, 0.6) is 0 Å². The summed E-state index contributed by atoms with van der Waals surface area (Å²) in [5, 5.41) is 0. The predicted molar refractivity (Wildman–Crippen MR) is 74.6 cm³/mol. The van der Waals surface area contributed by atoms with Crippen molar-refractivity contribution < 1.29 is 22.8 Å². The lowest BCUT2D eigenvalue weighted by molar-refractivity contribution is -0.119. The van der Waals surface area contributed by atoms with E-state index in [4.69, 9.17) is 13.5 Å². The average Bonchev–Trinajstić information content (AvgIpc) is 2.41. The summed E-state index contributed by atoms with van der Waals surface area (Å²) < 4.78 is 27.1. The molecule has 0 radical (unpaired) electrons. The summed E-state index contributed by atoms with van der Waals surface area (Å²) in [6.45, 7) is 6.30. The van der Waals surface area contributed by atoms with Gasteiger partial charge in [0.05, 0.1) is 6.61 Å². The highest BCUT2D eigenvalue weighted by Gasteiger charge is 2.31. The van der Waals surface area contributed by atoms with Crippen LogP contribution in [0.25, 0.3) is 0 Å². The highest BCUT2D eigenvalue weighted by Crippen LogP contribution is 2.46. The van der Waals surface area contributed by atoms with Crippen LogP contribution < -0.4 is 0 Å². The minimum Gasteiger partial charge on any atom is -0.410 e. The van der Waals surface area contributed by atoms with Gasteiger partial charge in [-0.05, 0) is 18.1 Å². The molecule has 0 aliphatic heterocycles. The molecule has 0 rings (SSSR count). The smallest absolute Gasteiger partial charge is 0.337 e. The molecule has 5 nitrogen and oxygen atoms in total. The summed E-state index contributed by atoms with van der Waals surface area (Å²) in [4.78, 5) is 11.7. The van der Waals surface area contributed by atoms with Crippen molar-refractivity contribution in [1.29, 1.82) is 0 Å². The fraction of sp³-hybridized carbons (Fsp3) is 0.909. The zero-order chi connectivity index (χ0) is 14.2. The van der Waals surface area contributed by atoms with Crippen molar-refractivity contribution in [3.63, 3.8) is 0 Å². The van der Waals surface area contributed by atoms with Crippen LogP contribution in [0, 0.1) is 0 Å². The largest absolute Gasteiger partial charge is 0.410 e. The van der Waals surface area contributed by atoms with Gasteiger partial charge in [-0.2, -0.15) is 0 Å². The van der Waals surface area contributed by atoms with Gasteiger partial charge in [-0.3, -0.25) is 9.36 Å². The lowest BCUT2D eigenvalue weighted by atomic mass is 10.5. The van der Waals surface area contributed by atoms with E-state index < -0.39 is 15.9 Å². The zero-order valence-electron chi connectivity index (χ0n) is 12.0. The summed E-state index contributed by atoms with van der Waals surface area (Å²) >= 11 is 0. The van der Waals surface area contributed by atoms with Gasteiger partial charge in [-0.15, -0.1) is 0 Å². The van der Waals surface area contributed by atoms with E-state index in [0.29, 0.717) is 0 Å². The van der Waals surface area contributed by atoms with E-state index in [0.717, 1.165) is 18.1 Å². The van der Waals surface area contributed by atoms with Crippen molar-refractivity contribution in [1.82, 2.24) is 0 Å². The Morgan fingerprint density at radius 3 is 1.83 bits per heavy atom. The Bertz CT molecular complexity index is 288. The van der Waals surface area contributed by atoms with E-state index in [1.54, 1.807) is 0 Å². The fourth-order valence-corrected chi connectivity index (χ4v) is 5.27. The van der Waals surface area contributed by atoms with Crippen LogP contribution in [-0.4, -0.2) is 41.1 Å². The molecule has 0 atom stereocenters. The van der Waals surface area contributed by atoms with Crippen molar-refractivity contribution in [3.05, 3.63) is 0 Å². The van der Waals surface area contributed by atoms with Crippen LogP contribution >= 0.6 is 7.60 Å². The third-order valence-corrected chi connectivity index (χ3v) is 9.87. The quantitative estimate of drug-likeness (QED) is 0.458. The van der Waals surface area contributed by atoms with Gasteiger partial charge in [0.15, 0.2) is 14.1 Å². The van der Waals surface area contributed by atoms with Crippen molar-refractivity contribution in [3.8, 4) is 0 Å². The predicted octanol–water partition coefficient (Wildman–Crippen LogP) is 3.06. The SMILES string of the molecule is CC[Si](CC)(CC)OCC(=O)CP(=O)(OC)OC. The van der Waals surface area contributed by atoms with Crippen molar-refractivity contribution in [2.45, 2.75) is 38.9 Å². The van der Waals surface area contributed by atoms with Crippen LogP contribution in [0.4, 0.5) is 0 Å². The van der Waals surface area contributed by atoms with E-state index in [-0.39, 0.29) is 18.6 Å². The standard InChI is InChI=1S/C11H25O5PSi/c1-6-18(7-2,8-3)16-9-11(12)10-17(13,14-4)15-5/h6-10H2,1-5H3. The van der Waals surface area contributed by atoms with E-state index in [9.17, 15) is 9.36 Å². The van der Waals surface area contributed by atoms with Crippen LogP contribution in [0.3, 0.4) is 0 Å². The number of hydrogen-bond acceptors (Lipinski definition) is 5. The summed E-state index contributed by atoms with van der Waals surface area (Å²) in [5.74, 6) is -0.228. The summed E-state index contributed by atoms with van der Waals surface area (Å²) in [5.41, 5.74) is 0. The number of ketones is 1. The minimum absolute atomic E-state index is 0.0124. The molecule has 0 N–H and O–H groups in total. The average molecular weight is 296 g/mol. The summed E-state index contributed by atoms with van der Waals surface area (Å²) in [6.07, 6.45) is -0.221. The van der Waals surface area contributed by atoms with Gasteiger partial charge >= 0.3 is 7.60 Å². The number of rotatable bonds is 10. The second-order valence-corrected chi connectivity index (χ2v) is 11.2. The molecule has 0 amide bonds. The van der Waals surface area contributed by atoms with E-state index in [1.165, 1.54) is 14.2 Å². The number of carbonyl (C=O) groups is 1. The normalized spacial score (nSPS) is 12.7. The molecule has 0 saturated carbocycles. The van der Waals surface area contributed by atoms with Gasteiger partial charge in [0.25, 0.3) is 0 Å². The lowest BCUT2D eigenvalue weighted by Crippen LogP contribution is -2.38. The molecule has 0 saturated heterocycles. The van der Waals surface area contributed by atoms with Gasteiger partial charge in [-0.25, -0.2) is 0 Å². The summed E-state index contributed by atoms with van der Waals surface area (Å²) in [7, 11) is -2.47. The van der Waals surface area contributed by atoms with Gasteiger partial charge < -0.3 is 13.5 Å². The van der Waals surface area contributed by atoms with Crippen LogP contribution in [0.1, 0.15) is 20.8 Å². The molecule has 0 aliphatic carbocycles. The number of carbonyl (C=O) groups excluding carboxylic acids is 1. The van der Waals surface area contributed by atoms with Crippen LogP contribution in [0.2, 0.25) is 18.1 Å². The van der Waals surface area contributed by atoms with Crippen molar-refractivity contribution in [2.24, 2.45) is 0 Å². The molecule has 108 valence electrons. The monoisotopic (exact) mass is 296 g/mol. The lowest BCUT2D eigenvalue weighted by Gasteiger charge is -2.27. The molecule has 0 aromatic heterocycles. The second kappa shape index (κ2) is 8.22. The Hall–Kier alpha value is -0.00312. The van der Waals surface area contributed by atoms with E-state index >= 15 is 0 Å². The fourth-order valence-electron chi connectivity index (χ4n) is 1.76. The molecule has 18 heavy (non-hydrogen) atoms. The summed E-state index contributed by atoms with van der Waals surface area (Å²) in [6, 6.07) is 2.96. The minimum atomic E-state index is -3.26. The Kier molecular flexibility index (Phi) is 8.22. The van der Waals surface area contributed by atoms with Gasteiger partial charge in [0.2, 0.25) is 0 Å². The maximum Gasteiger partial charge on any atom is 0.337 e. The van der Waals surface area contributed by atoms with Gasteiger partial charge in [0, 0.05) is 14.2 Å². The molecule has 0 heterocycles. The van der Waals surface area contributed by atoms with Gasteiger partial charge in [0.1, 0.15) is 6.16 Å². The molecule has 0 spiro atoms. The molecule has 0 fully saturated rings. The third kappa shape index (κ3) is 5.32. The van der Waals surface area contributed by atoms with Crippen molar-refractivity contribution in [2.75, 3.05) is 27.0 Å². The molecule has 7 heteroatoms. The molecular formula is C11H25O5PSi. The molecule has 0 aromatic rings. The van der Waals surface area contributed by atoms with Crippen LogP contribution in [-0.2, 0) is 22.8 Å². The second-order valence-electron chi connectivity index (χ2n) is 4.21. The highest BCUT2D eigenvalue weighted by molar-refractivity contribution is 7.54. The van der Waals surface area contributed by atoms with Crippen LogP contribution in [0.15, 0.2) is 0 Å². The Labute approximate surface area is 111 Å². The zero-order valence-corrected chi connectivity index (χ0v) is 13.9. The molecular weight excluding hydrogens is 271 g/mol. The molecule has 0 aromatic carbocycles. The third-order valence-electron chi connectivity index (χ3n) is 3.40. The molecule has 0 bridgehead atoms. The number of hydrogen-bond donors (Lipinski definition) is 0. The van der Waals surface area contributed by atoms with E-state index in [2.05, 4.69) is 20.8 Å². The Balaban J connectivity index is 4.38. The maximum absolute atomic E-state index is 11.8. The molecule has 0 aliphatic rings. The first kappa shape index (κ1) is 18.0. The first-order valence-corrected chi connectivity index (χ1v) is 10.5. The van der Waals surface area contributed by atoms with E-state index in [1.807, 2.05) is 0 Å². The topological polar surface area (TPSA) is 61.8 Å². The maximum atomic E-state index is 11.8. The highest BCUT2D eigenvalue weighted by atomic mass is 31.2. The first-order chi connectivity index (χ1) is 8.40. The molecule has 0 unspecified atom stereocenters. The Morgan fingerprint density at radius 2 is 1.50 bits per heavy atom. The van der Waals surface area contributed by atoms with Crippen molar-refractivity contribution >= 4 is 21.7 Å².